The molecule has 0 aromatic heterocycles. The van der Waals surface area contributed by atoms with Crippen molar-refractivity contribution >= 4 is 17.3 Å². The van der Waals surface area contributed by atoms with Crippen molar-refractivity contribution in [3.05, 3.63) is 63.7 Å². The van der Waals surface area contributed by atoms with Gasteiger partial charge in [0.25, 0.3) is 11.6 Å². The number of nitro groups is 1. The van der Waals surface area contributed by atoms with Crippen LogP contribution in [0.3, 0.4) is 0 Å². The Hall–Kier alpha value is -2.89. The summed E-state index contributed by atoms with van der Waals surface area (Å²) in [5, 5.41) is 13.5. The maximum Gasteiger partial charge on any atom is 0.292 e. The standard InChI is InChI=1S/C17H18N2O4/c1-11-7-6-10-16(12(11)2)23-13(3)17(20)18-14-8-4-5-9-15(14)19(21)22/h4-10,13H,1-3H3,(H,18,20). The Morgan fingerprint density at radius 3 is 2.57 bits per heavy atom. The van der Waals surface area contributed by atoms with Crippen molar-refractivity contribution in [2.24, 2.45) is 0 Å². The zero-order valence-corrected chi connectivity index (χ0v) is 13.2. The highest BCUT2D eigenvalue weighted by Crippen LogP contribution is 2.25. The average Bonchev–Trinajstić information content (AvgIpc) is 2.52. The zero-order chi connectivity index (χ0) is 17.0. The molecule has 1 N–H and O–H groups in total. The first-order valence-corrected chi connectivity index (χ1v) is 7.17. The van der Waals surface area contributed by atoms with Gasteiger partial charge >= 0.3 is 0 Å². The first-order valence-electron chi connectivity index (χ1n) is 7.17. The molecule has 23 heavy (non-hydrogen) atoms. The molecular weight excluding hydrogens is 296 g/mol. The molecule has 0 saturated carbocycles. The van der Waals surface area contributed by atoms with E-state index in [0.29, 0.717) is 5.75 Å². The van der Waals surface area contributed by atoms with Gasteiger partial charge in [-0.05, 0) is 44.0 Å². The largest absolute Gasteiger partial charge is 0.481 e. The second kappa shape index (κ2) is 6.91. The van der Waals surface area contributed by atoms with Crippen LogP contribution in [0.2, 0.25) is 0 Å². The Morgan fingerprint density at radius 1 is 1.17 bits per heavy atom. The highest BCUT2D eigenvalue weighted by Gasteiger charge is 2.20. The third kappa shape index (κ3) is 3.85. The summed E-state index contributed by atoms with van der Waals surface area (Å²) in [6, 6.07) is 11.6. The van der Waals surface area contributed by atoms with E-state index in [9.17, 15) is 14.9 Å². The summed E-state index contributed by atoms with van der Waals surface area (Å²) in [6.45, 7) is 5.48. The molecule has 0 aliphatic rings. The maximum absolute atomic E-state index is 12.2. The molecule has 0 aliphatic heterocycles. The number of hydrogen-bond acceptors (Lipinski definition) is 4. The van der Waals surface area contributed by atoms with Gasteiger partial charge in [0.15, 0.2) is 6.10 Å². The summed E-state index contributed by atoms with van der Waals surface area (Å²) in [5.41, 5.74) is 2.02. The summed E-state index contributed by atoms with van der Waals surface area (Å²) in [5.74, 6) is 0.176. The van der Waals surface area contributed by atoms with E-state index < -0.39 is 16.9 Å². The summed E-state index contributed by atoms with van der Waals surface area (Å²) < 4.78 is 5.68. The normalized spacial score (nSPS) is 11.6. The maximum atomic E-state index is 12.2. The van der Waals surface area contributed by atoms with Crippen molar-refractivity contribution in [2.45, 2.75) is 26.9 Å². The smallest absolute Gasteiger partial charge is 0.292 e. The lowest BCUT2D eigenvalue weighted by Gasteiger charge is -2.17. The van der Waals surface area contributed by atoms with E-state index in [-0.39, 0.29) is 11.4 Å². The van der Waals surface area contributed by atoms with E-state index in [0.717, 1.165) is 11.1 Å². The van der Waals surface area contributed by atoms with Crippen LogP contribution in [0.5, 0.6) is 5.75 Å². The number of benzene rings is 2. The van der Waals surface area contributed by atoms with Crippen LogP contribution in [0.15, 0.2) is 42.5 Å². The predicted octanol–water partition coefficient (Wildman–Crippen LogP) is 3.62. The molecule has 0 fully saturated rings. The number of carbonyl (C=O) groups excluding carboxylic acids is 1. The van der Waals surface area contributed by atoms with E-state index in [4.69, 9.17) is 4.74 Å². The lowest BCUT2D eigenvalue weighted by molar-refractivity contribution is -0.383. The van der Waals surface area contributed by atoms with Crippen LogP contribution >= 0.6 is 0 Å². The molecule has 1 atom stereocenters. The van der Waals surface area contributed by atoms with Gasteiger partial charge in [-0.25, -0.2) is 0 Å². The second-order valence-electron chi connectivity index (χ2n) is 5.22. The van der Waals surface area contributed by atoms with Gasteiger partial charge in [-0.15, -0.1) is 0 Å². The molecule has 2 rings (SSSR count). The topological polar surface area (TPSA) is 81.5 Å². The van der Waals surface area contributed by atoms with Crippen LogP contribution in [0, 0.1) is 24.0 Å². The number of anilines is 1. The number of hydrogen-bond donors (Lipinski definition) is 1. The first-order chi connectivity index (χ1) is 10.9. The third-order valence-corrected chi connectivity index (χ3v) is 3.59. The Bertz CT molecular complexity index is 743. The Balaban J connectivity index is 2.12. The van der Waals surface area contributed by atoms with Gasteiger partial charge in [-0.2, -0.15) is 0 Å². The van der Waals surface area contributed by atoms with Crippen molar-refractivity contribution < 1.29 is 14.5 Å². The average molecular weight is 314 g/mol. The third-order valence-electron chi connectivity index (χ3n) is 3.59. The van der Waals surface area contributed by atoms with E-state index in [1.807, 2.05) is 26.0 Å². The summed E-state index contributed by atoms with van der Waals surface area (Å²) in [6.07, 6.45) is -0.782. The van der Waals surface area contributed by atoms with Gasteiger partial charge in [-0.3, -0.25) is 14.9 Å². The summed E-state index contributed by atoms with van der Waals surface area (Å²) >= 11 is 0. The van der Waals surface area contributed by atoms with Gasteiger partial charge in [0.1, 0.15) is 11.4 Å². The van der Waals surface area contributed by atoms with Crippen molar-refractivity contribution in [1.29, 1.82) is 0 Å². The van der Waals surface area contributed by atoms with E-state index in [1.54, 1.807) is 25.1 Å². The molecule has 0 bridgehead atoms. The van der Waals surface area contributed by atoms with Crippen molar-refractivity contribution in [2.75, 3.05) is 5.32 Å². The first kappa shape index (κ1) is 16.5. The fourth-order valence-corrected chi connectivity index (χ4v) is 2.07. The van der Waals surface area contributed by atoms with Gasteiger partial charge in [-0.1, -0.05) is 24.3 Å². The van der Waals surface area contributed by atoms with Crippen molar-refractivity contribution in [3.63, 3.8) is 0 Å². The molecule has 0 radical (unpaired) electrons. The molecule has 120 valence electrons. The summed E-state index contributed by atoms with van der Waals surface area (Å²) in [4.78, 5) is 22.7. The number of ether oxygens (including phenoxy) is 1. The molecule has 0 spiro atoms. The Kier molecular flexibility index (Phi) is 4.95. The van der Waals surface area contributed by atoms with E-state index in [1.165, 1.54) is 12.1 Å². The highest BCUT2D eigenvalue weighted by molar-refractivity contribution is 5.96. The Morgan fingerprint density at radius 2 is 1.87 bits per heavy atom. The fraction of sp³-hybridized carbons (Fsp3) is 0.235. The number of aryl methyl sites for hydroxylation is 1. The SMILES string of the molecule is Cc1cccc(OC(C)C(=O)Nc2ccccc2[N+](=O)[O-])c1C. The lowest BCUT2D eigenvalue weighted by atomic mass is 10.1. The van der Waals surface area contributed by atoms with Crippen LogP contribution < -0.4 is 10.1 Å². The number of amides is 1. The number of para-hydroxylation sites is 2. The predicted molar refractivity (Wildman–Crippen MR) is 87.7 cm³/mol. The molecule has 2 aromatic rings. The molecule has 2 aromatic carbocycles. The van der Waals surface area contributed by atoms with Crippen LogP contribution in [-0.2, 0) is 4.79 Å². The molecule has 1 unspecified atom stereocenters. The van der Waals surface area contributed by atoms with Crippen LogP contribution in [0.25, 0.3) is 0 Å². The van der Waals surface area contributed by atoms with Gasteiger partial charge in [0.2, 0.25) is 0 Å². The lowest BCUT2D eigenvalue weighted by Crippen LogP contribution is -2.30. The van der Waals surface area contributed by atoms with Crippen LogP contribution in [-0.4, -0.2) is 16.9 Å². The monoisotopic (exact) mass is 314 g/mol. The number of rotatable bonds is 5. The van der Waals surface area contributed by atoms with Gasteiger partial charge < -0.3 is 10.1 Å². The Labute approximate surface area is 134 Å². The number of nitro benzene ring substituents is 1. The number of nitrogens with zero attached hydrogens (tertiary/aromatic N) is 1. The highest BCUT2D eigenvalue weighted by atomic mass is 16.6. The molecule has 0 aliphatic carbocycles. The molecule has 0 heterocycles. The van der Waals surface area contributed by atoms with Gasteiger partial charge in [0, 0.05) is 6.07 Å². The van der Waals surface area contributed by atoms with Crippen molar-refractivity contribution in [3.8, 4) is 5.75 Å². The molecular formula is C17H18N2O4. The fourth-order valence-electron chi connectivity index (χ4n) is 2.07. The zero-order valence-electron chi connectivity index (χ0n) is 13.2. The second-order valence-corrected chi connectivity index (χ2v) is 5.22. The van der Waals surface area contributed by atoms with E-state index >= 15 is 0 Å². The molecule has 1 amide bonds. The van der Waals surface area contributed by atoms with Gasteiger partial charge in [0.05, 0.1) is 4.92 Å². The van der Waals surface area contributed by atoms with Crippen LogP contribution in [0.1, 0.15) is 18.1 Å². The van der Waals surface area contributed by atoms with E-state index in [2.05, 4.69) is 5.32 Å². The number of carbonyl (C=O) groups is 1. The minimum absolute atomic E-state index is 0.152. The quantitative estimate of drug-likeness (QED) is 0.675. The minimum Gasteiger partial charge on any atom is -0.481 e. The molecule has 6 nitrogen and oxygen atoms in total. The molecule has 0 saturated heterocycles. The van der Waals surface area contributed by atoms with Crippen LogP contribution in [0.4, 0.5) is 11.4 Å². The summed E-state index contributed by atoms with van der Waals surface area (Å²) in [7, 11) is 0. The molecule has 6 heteroatoms. The minimum atomic E-state index is -0.782. The van der Waals surface area contributed by atoms with Crippen molar-refractivity contribution in [1.82, 2.24) is 0 Å². The number of nitrogens with one attached hydrogen (secondary N) is 1.